The highest BCUT2D eigenvalue weighted by atomic mass is 16.6. The van der Waals surface area contributed by atoms with E-state index in [2.05, 4.69) is 35.2 Å². The van der Waals surface area contributed by atoms with Gasteiger partial charge in [-0.2, -0.15) is 0 Å². The van der Waals surface area contributed by atoms with Gasteiger partial charge >= 0.3 is 6.09 Å². The summed E-state index contributed by atoms with van der Waals surface area (Å²) in [5.74, 6) is 0. The van der Waals surface area contributed by atoms with Gasteiger partial charge in [-0.15, -0.1) is 0 Å². The summed E-state index contributed by atoms with van der Waals surface area (Å²) in [7, 11) is 0. The molecule has 0 saturated carbocycles. The normalized spacial score (nSPS) is 22.0. The van der Waals surface area contributed by atoms with Crippen molar-refractivity contribution in [2.24, 2.45) is 0 Å². The van der Waals surface area contributed by atoms with E-state index in [-0.39, 0.29) is 12.7 Å². The third-order valence-corrected chi connectivity index (χ3v) is 25.2. The van der Waals surface area contributed by atoms with Crippen LogP contribution in [0.3, 0.4) is 0 Å². The zero-order chi connectivity index (χ0) is 42.2. The van der Waals surface area contributed by atoms with E-state index in [4.69, 9.17) is 4.74 Å². The average Bonchev–Trinajstić information content (AvgIpc) is 4.43. The van der Waals surface area contributed by atoms with Crippen LogP contribution in [0.15, 0.2) is 30.3 Å². The molecule has 4 aliphatic carbocycles. The van der Waals surface area contributed by atoms with Gasteiger partial charge in [-0.05, 0) is 296 Å². The number of hydrogen-bond acceptors (Lipinski definition) is 2. The minimum atomic E-state index is -0.702. The number of carbonyl (C=O) groups excluding carboxylic acids is 1. The molecule has 0 unspecified atom stereocenters. The van der Waals surface area contributed by atoms with Gasteiger partial charge in [0, 0.05) is 22.3 Å². The van der Waals surface area contributed by atoms with E-state index in [0.717, 1.165) is 5.56 Å². The molecule has 0 atom stereocenters. The van der Waals surface area contributed by atoms with Crippen molar-refractivity contribution in [3.63, 3.8) is 0 Å². The van der Waals surface area contributed by atoms with Gasteiger partial charge in [0.15, 0.2) is 0 Å². The van der Waals surface area contributed by atoms with E-state index in [9.17, 15) is 0 Å². The predicted molar refractivity (Wildman–Crippen MR) is 292 cm³/mol. The Hall–Kier alpha value is -9.05. The van der Waals surface area contributed by atoms with E-state index in [1.54, 1.807) is 205 Å². The second kappa shape index (κ2) is 5.88. The summed E-state index contributed by atoms with van der Waals surface area (Å²) < 4.78 is 6.88. The van der Waals surface area contributed by atoms with Gasteiger partial charge in [0.25, 0.3) is 0 Å². The maximum atomic E-state index is 16.4. The van der Waals surface area contributed by atoms with E-state index in [1.807, 2.05) is 0 Å². The van der Waals surface area contributed by atoms with E-state index in [1.165, 1.54) is 108 Å². The SMILES string of the molecule is O=C(OCc1ccccc1)N1C23c4c5c6c7c8c9c(c%10c%11c2c2c4c4c%12c5c5c6c6c8c8c%13c9c9c%10c%10c%11c%11c2c2c4c4c%12c%12c5c5c6c8c6c8c%13c9c9c%10c%10c%11c2c2c4c4c%12c5c6c5c8c9c%10c2c45)C713. The Morgan fingerprint density at radius 2 is 0.437 bits per heavy atom. The van der Waals surface area contributed by atoms with Crippen molar-refractivity contribution in [1.29, 1.82) is 0 Å². The molecule has 3 heteroatoms. The molecular weight excluding hydrogens is 863 g/mol. The number of ether oxygens (including phenoxy) is 1. The number of nitrogens with zero attached hydrogens (tertiary/aromatic N) is 1. The van der Waals surface area contributed by atoms with Crippen LogP contribution < -0.4 is 0 Å². The fourth-order valence-electron chi connectivity index (χ4n) is 25.0. The molecular formula is C68H7NO2. The van der Waals surface area contributed by atoms with Gasteiger partial charge < -0.3 is 4.74 Å². The fraction of sp³-hybridized carbons (Fsp3) is 0.0441. The molecule has 34 rings (SSSR count). The van der Waals surface area contributed by atoms with Crippen LogP contribution in [0.2, 0.25) is 0 Å². The minimum Gasteiger partial charge on any atom is -0.444 e. The smallest absolute Gasteiger partial charge is 0.412 e. The summed E-state index contributed by atoms with van der Waals surface area (Å²) >= 11 is 0. The van der Waals surface area contributed by atoms with Crippen LogP contribution in [0.5, 0.6) is 0 Å². The molecule has 3 nitrogen and oxygen atoms in total. The van der Waals surface area contributed by atoms with Crippen molar-refractivity contribution in [1.82, 2.24) is 4.90 Å². The van der Waals surface area contributed by atoms with Gasteiger partial charge in [0.05, 0.1) is 0 Å². The van der Waals surface area contributed by atoms with Gasteiger partial charge in [-0.25, -0.2) is 4.79 Å². The van der Waals surface area contributed by atoms with E-state index < -0.39 is 11.1 Å². The van der Waals surface area contributed by atoms with E-state index >= 15 is 4.79 Å². The number of rotatable bonds is 2. The van der Waals surface area contributed by atoms with Crippen LogP contribution in [0.25, 0.3) is 291 Å². The third kappa shape index (κ3) is 1.39. The summed E-state index contributed by atoms with van der Waals surface area (Å²) in [6, 6.07) is 10.4. The average molecular weight is 870 g/mol. The number of hydrogen-bond donors (Lipinski definition) is 0. The predicted octanol–water partition coefficient (Wildman–Crippen LogP) is 17.9. The molecule has 1 aliphatic heterocycles. The van der Waals surface area contributed by atoms with Crippen LogP contribution >= 0.6 is 0 Å². The maximum absolute atomic E-state index is 16.4. The Balaban J connectivity index is 1.10. The maximum Gasteiger partial charge on any atom is 0.412 e. The first kappa shape index (κ1) is 26.1. The molecule has 1 fully saturated rings. The first-order valence-corrected chi connectivity index (χ1v) is 26.1. The van der Waals surface area contributed by atoms with Crippen molar-refractivity contribution in [3.8, 4) is 0 Å². The number of carbonyl (C=O) groups is 1. The summed E-state index contributed by atoms with van der Waals surface area (Å²) in [6.45, 7) is 0.265. The number of amides is 1. The molecule has 29 aromatic carbocycles. The summed E-state index contributed by atoms with van der Waals surface area (Å²) in [4.78, 5) is 18.8. The molecule has 1 heterocycles. The van der Waals surface area contributed by atoms with Gasteiger partial charge in [-0.3, -0.25) is 4.90 Å². The van der Waals surface area contributed by atoms with Crippen LogP contribution in [0.1, 0.15) is 27.8 Å². The lowest BCUT2D eigenvalue weighted by molar-refractivity contribution is 0.115. The Morgan fingerprint density at radius 1 is 0.268 bits per heavy atom. The molecule has 2 spiro atoms. The Labute approximate surface area is 385 Å². The van der Waals surface area contributed by atoms with Crippen molar-refractivity contribution >= 4 is 297 Å². The zero-order valence-corrected chi connectivity index (χ0v) is 35.9. The third-order valence-electron chi connectivity index (χ3n) is 25.2. The second-order valence-electron chi connectivity index (χ2n) is 25.5. The Bertz CT molecular complexity index is 6870. The highest BCUT2D eigenvalue weighted by Crippen LogP contribution is 2.90. The van der Waals surface area contributed by atoms with Crippen LogP contribution in [-0.2, 0) is 22.4 Å². The van der Waals surface area contributed by atoms with Crippen LogP contribution in [-0.4, -0.2) is 11.0 Å². The molecule has 0 aromatic heterocycles. The molecule has 71 heavy (non-hydrogen) atoms. The fourth-order valence-corrected chi connectivity index (χ4v) is 25.0. The standard InChI is InChI=1S/C68H7NO2/c70-66(71-6-7-4-2-1-3-5-7)69-67-62-54-46-36-26-18-10-8-9-12-16-14(10)22-30-24(16)34-28-20(12)21-13(9)17-15-11(8)19(18)27-33-23(15)31-25(17)35-29(21)39-38(28)48-42(34)52-44(30)50(40(46)32(22)26)58(62)60(52)64-56(48)57-49(39)43(35)53-45(31)51-41(33)47(37(27)36)55(54)63(67)59(51)61(53)65(57)68(64,67)69/h1-5H,6H2. The van der Waals surface area contributed by atoms with Gasteiger partial charge in [0.1, 0.15) is 17.7 Å². The van der Waals surface area contributed by atoms with Gasteiger partial charge in [-0.1, -0.05) is 30.3 Å². The van der Waals surface area contributed by atoms with Crippen molar-refractivity contribution in [2.75, 3.05) is 0 Å². The molecule has 0 radical (unpaired) electrons. The summed E-state index contributed by atoms with van der Waals surface area (Å²) in [5, 5.41) is 84.7. The minimum absolute atomic E-state index is 0.149. The van der Waals surface area contributed by atoms with Crippen LogP contribution in [0.4, 0.5) is 4.79 Å². The summed E-state index contributed by atoms with van der Waals surface area (Å²) in [6.07, 6.45) is -0.149. The first-order valence-electron chi connectivity index (χ1n) is 26.1. The second-order valence-corrected chi connectivity index (χ2v) is 25.5. The van der Waals surface area contributed by atoms with Crippen molar-refractivity contribution < 1.29 is 9.53 Å². The molecule has 1 amide bonds. The monoisotopic (exact) mass is 869 g/mol. The Morgan fingerprint density at radius 3 is 0.620 bits per heavy atom. The molecule has 0 bridgehead atoms. The summed E-state index contributed by atoms with van der Waals surface area (Å²) in [5.41, 5.74) is 5.54. The molecule has 29 aromatic rings. The Kier molecular flexibility index (Phi) is 2.16. The molecule has 296 valence electrons. The van der Waals surface area contributed by atoms with Crippen molar-refractivity contribution in [3.05, 3.63) is 58.1 Å². The van der Waals surface area contributed by atoms with Crippen LogP contribution in [0, 0.1) is 0 Å². The number of benzene rings is 19. The lowest BCUT2D eigenvalue weighted by Gasteiger charge is -2.29. The van der Waals surface area contributed by atoms with Gasteiger partial charge in [0.2, 0.25) is 0 Å². The lowest BCUT2D eigenvalue weighted by atomic mass is 9.68. The molecule has 5 aliphatic rings. The highest BCUT2D eigenvalue weighted by molar-refractivity contribution is 6.82. The van der Waals surface area contributed by atoms with Crippen molar-refractivity contribution in [2.45, 2.75) is 17.7 Å². The topological polar surface area (TPSA) is 29.3 Å². The zero-order valence-electron chi connectivity index (χ0n) is 35.9. The highest BCUT2D eigenvalue weighted by Gasteiger charge is 2.88. The largest absolute Gasteiger partial charge is 0.444 e. The first-order chi connectivity index (χ1) is 35.4. The molecule has 1 saturated heterocycles. The van der Waals surface area contributed by atoms with E-state index in [0.29, 0.717) is 0 Å². The molecule has 0 N–H and O–H groups in total. The lowest BCUT2D eigenvalue weighted by Crippen LogP contribution is -2.27. The quantitative estimate of drug-likeness (QED) is 0.128.